The SMILES string of the molecule is CCCNCCNC(=O)C1CCN(C(=O)CCOc2ccccc2)CC1. The predicted molar refractivity (Wildman–Crippen MR) is 102 cm³/mol. The predicted octanol–water partition coefficient (Wildman–Crippen LogP) is 1.81. The average Bonchev–Trinajstić information content (AvgIpc) is 2.68. The van der Waals surface area contributed by atoms with Gasteiger partial charge in [-0.3, -0.25) is 9.59 Å². The molecule has 26 heavy (non-hydrogen) atoms. The highest BCUT2D eigenvalue weighted by Gasteiger charge is 2.26. The summed E-state index contributed by atoms with van der Waals surface area (Å²) in [4.78, 5) is 26.3. The van der Waals surface area contributed by atoms with Gasteiger partial charge in [-0.05, 0) is 37.9 Å². The van der Waals surface area contributed by atoms with E-state index in [9.17, 15) is 9.59 Å². The molecule has 1 fully saturated rings. The summed E-state index contributed by atoms with van der Waals surface area (Å²) in [6.45, 7) is 6.24. The van der Waals surface area contributed by atoms with Gasteiger partial charge in [0.25, 0.3) is 0 Å². The first-order chi connectivity index (χ1) is 12.7. The molecular formula is C20H31N3O3. The van der Waals surface area contributed by atoms with Crippen molar-refractivity contribution in [2.24, 2.45) is 5.92 Å². The molecule has 1 aliphatic heterocycles. The number of hydrogen-bond donors (Lipinski definition) is 2. The molecule has 1 aromatic rings. The van der Waals surface area contributed by atoms with Crippen molar-refractivity contribution in [2.75, 3.05) is 39.3 Å². The van der Waals surface area contributed by atoms with Gasteiger partial charge in [-0.1, -0.05) is 25.1 Å². The molecule has 6 heteroatoms. The number of likely N-dealkylation sites (tertiary alicyclic amines) is 1. The minimum absolute atomic E-state index is 0.0193. The summed E-state index contributed by atoms with van der Waals surface area (Å²) in [5.41, 5.74) is 0. The second-order valence-electron chi connectivity index (χ2n) is 6.61. The minimum atomic E-state index is 0.0193. The summed E-state index contributed by atoms with van der Waals surface area (Å²) in [5, 5.41) is 6.25. The van der Waals surface area contributed by atoms with Crippen LogP contribution >= 0.6 is 0 Å². The smallest absolute Gasteiger partial charge is 0.225 e. The van der Waals surface area contributed by atoms with E-state index in [1.165, 1.54) is 0 Å². The topological polar surface area (TPSA) is 70.7 Å². The quantitative estimate of drug-likeness (QED) is 0.624. The van der Waals surface area contributed by atoms with E-state index in [-0.39, 0.29) is 17.7 Å². The lowest BCUT2D eigenvalue weighted by molar-refractivity contribution is -0.136. The molecule has 1 aliphatic rings. The summed E-state index contributed by atoms with van der Waals surface area (Å²) in [7, 11) is 0. The fourth-order valence-corrected chi connectivity index (χ4v) is 3.04. The number of amides is 2. The maximum atomic E-state index is 12.3. The molecule has 2 rings (SSSR count). The van der Waals surface area contributed by atoms with E-state index < -0.39 is 0 Å². The molecule has 0 radical (unpaired) electrons. The van der Waals surface area contributed by atoms with Gasteiger partial charge in [0.2, 0.25) is 11.8 Å². The van der Waals surface area contributed by atoms with Crippen molar-refractivity contribution in [1.29, 1.82) is 0 Å². The van der Waals surface area contributed by atoms with Crippen LogP contribution in [0.15, 0.2) is 30.3 Å². The zero-order chi connectivity index (χ0) is 18.6. The van der Waals surface area contributed by atoms with Crippen molar-refractivity contribution in [2.45, 2.75) is 32.6 Å². The number of ether oxygens (including phenoxy) is 1. The molecule has 0 bridgehead atoms. The first-order valence-electron chi connectivity index (χ1n) is 9.64. The Balaban J connectivity index is 1.59. The van der Waals surface area contributed by atoms with Crippen molar-refractivity contribution < 1.29 is 14.3 Å². The number of carbonyl (C=O) groups excluding carboxylic acids is 2. The number of rotatable bonds is 10. The third-order valence-electron chi connectivity index (χ3n) is 4.57. The third kappa shape index (κ3) is 7.04. The van der Waals surface area contributed by atoms with E-state index in [0.717, 1.165) is 38.1 Å². The van der Waals surface area contributed by atoms with Crippen LogP contribution in [0, 0.1) is 5.92 Å². The molecule has 144 valence electrons. The van der Waals surface area contributed by atoms with E-state index in [4.69, 9.17) is 4.74 Å². The standard InChI is InChI=1S/C20H31N3O3/c1-2-11-21-12-13-22-20(25)17-8-14-23(15-9-17)19(24)10-16-26-18-6-4-3-5-7-18/h3-7,17,21H,2,8-16H2,1H3,(H,22,25). The number of piperidine rings is 1. The lowest BCUT2D eigenvalue weighted by atomic mass is 9.95. The molecule has 6 nitrogen and oxygen atoms in total. The molecular weight excluding hydrogens is 330 g/mol. The summed E-state index contributed by atoms with van der Waals surface area (Å²) in [6, 6.07) is 9.51. The Bertz CT molecular complexity index is 542. The van der Waals surface area contributed by atoms with Crippen LogP contribution in [0.5, 0.6) is 5.75 Å². The lowest BCUT2D eigenvalue weighted by Crippen LogP contribution is -2.44. The van der Waals surface area contributed by atoms with Gasteiger partial charge in [0.05, 0.1) is 13.0 Å². The van der Waals surface area contributed by atoms with Crippen LogP contribution < -0.4 is 15.4 Å². The Morgan fingerprint density at radius 2 is 1.85 bits per heavy atom. The fraction of sp³-hybridized carbons (Fsp3) is 0.600. The Kier molecular flexibility index (Phi) is 8.96. The van der Waals surface area contributed by atoms with Gasteiger partial charge in [0.15, 0.2) is 0 Å². The summed E-state index contributed by atoms with van der Waals surface area (Å²) in [5.74, 6) is 1.02. The van der Waals surface area contributed by atoms with Crippen molar-refractivity contribution in [1.82, 2.24) is 15.5 Å². The highest BCUT2D eigenvalue weighted by atomic mass is 16.5. The van der Waals surface area contributed by atoms with E-state index in [2.05, 4.69) is 17.6 Å². The number of benzene rings is 1. The van der Waals surface area contributed by atoms with Gasteiger partial charge >= 0.3 is 0 Å². The van der Waals surface area contributed by atoms with E-state index in [0.29, 0.717) is 32.7 Å². The molecule has 0 unspecified atom stereocenters. The van der Waals surface area contributed by atoms with Crippen molar-refractivity contribution in [3.8, 4) is 5.75 Å². The third-order valence-corrected chi connectivity index (χ3v) is 4.57. The van der Waals surface area contributed by atoms with Crippen molar-refractivity contribution in [3.05, 3.63) is 30.3 Å². The Morgan fingerprint density at radius 1 is 1.12 bits per heavy atom. The molecule has 1 heterocycles. The zero-order valence-electron chi connectivity index (χ0n) is 15.7. The molecule has 0 atom stereocenters. The van der Waals surface area contributed by atoms with Crippen molar-refractivity contribution >= 4 is 11.8 Å². The first kappa shape index (κ1) is 20.2. The van der Waals surface area contributed by atoms with Crippen LogP contribution in [0.2, 0.25) is 0 Å². The number of para-hydroxylation sites is 1. The zero-order valence-corrected chi connectivity index (χ0v) is 15.7. The Morgan fingerprint density at radius 3 is 2.54 bits per heavy atom. The summed E-state index contributed by atoms with van der Waals surface area (Å²) >= 11 is 0. The molecule has 2 amide bonds. The van der Waals surface area contributed by atoms with E-state index in [1.807, 2.05) is 35.2 Å². The number of carbonyl (C=O) groups is 2. The highest BCUT2D eigenvalue weighted by molar-refractivity contribution is 5.80. The molecule has 0 saturated carbocycles. The van der Waals surface area contributed by atoms with Crippen LogP contribution in [-0.2, 0) is 9.59 Å². The van der Waals surface area contributed by atoms with Gasteiger partial charge in [-0.15, -0.1) is 0 Å². The second kappa shape index (κ2) is 11.5. The molecule has 1 aromatic carbocycles. The van der Waals surface area contributed by atoms with Gasteiger partial charge in [0.1, 0.15) is 5.75 Å². The monoisotopic (exact) mass is 361 g/mol. The Hall–Kier alpha value is -2.08. The lowest BCUT2D eigenvalue weighted by Gasteiger charge is -2.31. The van der Waals surface area contributed by atoms with Crippen LogP contribution in [0.4, 0.5) is 0 Å². The maximum Gasteiger partial charge on any atom is 0.225 e. The van der Waals surface area contributed by atoms with Crippen molar-refractivity contribution in [3.63, 3.8) is 0 Å². The Labute approximate surface area is 156 Å². The summed E-state index contributed by atoms with van der Waals surface area (Å²) in [6.07, 6.45) is 2.94. The molecule has 1 saturated heterocycles. The molecule has 0 spiro atoms. The highest BCUT2D eigenvalue weighted by Crippen LogP contribution is 2.18. The van der Waals surface area contributed by atoms with Gasteiger partial charge in [-0.2, -0.15) is 0 Å². The second-order valence-corrected chi connectivity index (χ2v) is 6.61. The van der Waals surface area contributed by atoms with Gasteiger partial charge < -0.3 is 20.3 Å². The van der Waals surface area contributed by atoms with Crippen LogP contribution in [0.25, 0.3) is 0 Å². The van der Waals surface area contributed by atoms with E-state index >= 15 is 0 Å². The number of nitrogens with one attached hydrogen (secondary N) is 2. The maximum absolute atomic E-state index is 12.3. The normalized spacial score (nSPS) is 14.9. The molecule has 0 aromatic heterocycles. The van der Waals surface area contributed by atoms with Crippen LogP contribution in [0.1, 0.15) is 32.6 Å². The average molecular weight is 361 g/mol. The molecule has 0 aliphatic carbocycles. The van der Waals surface area contributed by atoms with E-state index in [1.54, 1.807) is 0 Å². The number of nitrogens with zero attached hydrogens (tertiary/aromatic N) is 1. The van der Waals surface area contributed by atoms with Crippen LogP contribution in [0.3, 0.4) is 0 Å². The minimum Gasteiger partial charge on any atom is -0.493 e. The van der Waals surface area contributed by atoms with Gasteiger partial charge in [0, 0.05) is 32.1 Å². The van der Waals surface area contributed by atoms with Gasteiger partial charge in [-0.25, -0.2) is 0 Å². The number of hydrogen-bond acceptors (Lipinski definition) is 4. The molecule has 2 N–H and O–H groups in total. The first-order valence-corrected chi connectivity index (χ1v) is 9.64. The van der Waals surface area contributed by atoms with Crippen LogP contribution in [-0.4, -0.2) is 56.0 Å². The fourth-order valence-electron chi connectivity index (χ4n) is 3.04. The largest absolute Gasteiger partial charge is 0.493 e. The summed E-state index contributed by atoms with van der Waals surface area (Å²) < 4.78 is 5.58.